The highest BCUT2D eigenvalue weighted by Crippen LogP contribution is 2.54. The third-order valence-electron chi connectivity index (χ3n) is 8.44. The number of benzene rings is 1. The van der Waals surface area contributed by atoms with Gasteiger partial charge in [0.25, 0.3) is 5.92 Å². The van der Waals surface area contributed by atoms with Gasteiger partial charge in [-0.05, 0) is 55.4 Å². The number of hydrogen-bond acceptors (Lipinski definition) is 10. The van der Waals surface area contributed by atoms with Gasteiger partial charge in [-0.15, -0.1) is 5.10 Å². The number of nitrogens with zero attached hydrogens (tertiary/aromatic N) is 7. The van der Waals surface area contributed by atoms with Gasteiger partial charge in [0.1, 0.15) is 5.69 Å². The van der Waals surface area contributed by atoms with Crippen LogP contribution in [-0.4, -0.2) is 94.0 Å². The number of aromatic carboxylic acids is 1. The molecule has 2 aliphatic heterocycles. The highest BCUT2D eigenvalue weighted by Gasteiger charge is 2.44. The second kappa shape index (κ2) is 11.0. The lowest BCUT2D eigenvalue weighted by Crippen LogP contribution is -2.40. The lowest BCUT2D eigenvalue weighted by molar-refractivity contribution is -0.0222. The van der Waals surface area contributed by atoms with E-state index in [0.29, 0.717) is 16.8 Å². The van der Waals surface area contributed by atoms with E-state index in [0.717, 1.165) is 31.6 Å². The average molecular weight is 619 g/mol. The Morgan fingerprint density at radius 2 is 1.63 bits per heavy atom. The summed E-state index contributed by atoms with van der Waals surface area (Å²) in [5.74, 6) is -4.48. The van der Waals surface area contributed by atoms with Gasteiger partial charge in [-0.2, -0.15) is 0 Å². The van der Waals surface area contributed by atoms with E-state index in [4.69, 9.17) is 5.11 Å². The summed E-state index contributed by atoms with van der Waals surface area (Å²) in [5.41, 5.74) is 2.25. The molecule has 1 saturated carbocycles. The monoisotopic (exact) mass is 618 g/mol. The van der Waals surface area contributed by atoms with Gasteiger partial charge in [-0.25, -0.2) is 36.6 Å². The average Bonchev–Trinajstić information content (AvgIpc) is 3.53. The van der Waals surface area contributed by atoms with Crippen LogP contribution in [-0.2, 0) is 10.0 Å². The van der Waals surface area contributed by atoms with Gasteiger partial charge in [0, 0.05) is 39.0 Å². The van der Waals surface area contributed by atoms with Gasteiger partial charge in [0.2, 0.25) is 16.0 Å². The molecule has 6 rings (SSSR count). The molecular formula is C27H32F2N8O5S. The molecule has 2 aromatic heterocycles. The zero-order valence-electron chi connectivity index (χ0n) is 23.3. The number of aliphatic hydroxyl groups is 1. The minimum absolute atomic E-state index is 0.0168. The molecule has 0 atom stereocenters. The van der Waals surface area contributed by atoms with Gasteiger partial charge in [0.05, 0.1) is 41.3 Å². The molecule has 0 amide bonds. The Balaban J connectivity index is 1.33. The summed E-state index contributed by atoms with van der Waals surface area (Å²) >= 11 is 0. The fourth-order valence-electron chi connectivity index (χ4n) is 5.63. The molecule has 4 heterocycles. The zero-order valence-corrected chi connectivity index (χ0v) is 24.1. The summed E-state index contributed by atoms with van der Waals surface area (Å²) in [4.78, 5) is 24.1. The summed E-state index contributed by atoms with van der Waals surface area (Å²) in [5, 5.41) is 27.3. The summed E-state index contributed by atoms with van der Waals surface area (Å²) in [6.07, 6.45) is 5.32. The van der Waals surface area contributed by atoms with Crippen molar-refractivity contribution < 1.29 is 32.2 Å². The molecule has 3 fully saturated rings. The van der Waals surface area contributed by atoms with E-state index in [-0.39, 0.29) is 49.0 Å². The summed E-state index contributed by atoms with van der Waals surface area (Å²) in [6, 6.07) is 6.30. The van der Waals surface area contributed by atoms with Gasteiger partial charge in [-0.1, -0.05) is 5.21 Å². The van der Waals surface area contributed by atoms with E-state index in [9.17, 15) is 27.1 Å². The number of rotatable bonds is 9. The number of alkyl halides is 2. The summed E-state index contributed by atoms with van der Waals surface area (Å²) < 4.78 is 56.2. The second-order valence-electron chi connectivity index (χ2n) is 11.5. The Morgan fingerprint density at radius 1 is 0.930 bits per heavy atom. The first-order valence-corrected chi connectivity index (χ1v) is 15.8. The molecule has 43 heavy (non-hydrogen) atoms. The van der Waals surface area contributed by atoms with Crippen molar-refractivity contribution in [3.63, 3.8) is 0 Å². The van der Waals surface area contributed by atoms with Crippen LogP contribution in [0.4, 0.5) is 26.1 Å². The van der Waals surface area contributed by atoms with E-state index in [1.807, 2.05) is 0 Å². The maximum Gasteiger partial charge on any atom is 0.354 e. The number of carboxylic acids is 1. The van der Waals surface area contributed by atoms with Crippen LogP contribution in [0, 0.1) is 5.41 Å². The molecule has 230 valence electrons. The maximum atomic E-state index is 13.7. The smallest absolute Gasteiger partial charge is 0.354 e. The number of aromatic nitrogens is 5. The van der Waals surface area contributed by atoms with Crippen LogP contribution >= 0.6 is 0 Å². The predicted molar refractivity (Wildman–Crippen MR) is 153 cm³/mol. The molecule has 1 aliphatic carbocycles. The number of piperidine rings is 2. The Kier molecular flexibility index (Phi) is 7.44. The molecule has 1 spiro atoms. The van der Waals surface area contributed by atoms with Crippen LogP contribution in [0.25, 0.3) is 17.1 Å². The lowest BCUT2D eigenvalue weighted by atomic mass is 9.93. The SMILES string of the molecule is O=C(O)c1cc(-c2cn(-c3ccc(NS(=O)(=O)CCO)cc3N3CCC4(CC3)CC4)nn2)nc(N2CCC(F)(F)CC2)n1. The first-order valence-electron chi connectivity index (χ1n) is 14.1. The number of hydrogen-bond donors (Lipinski definition) is 3. The first-order chi connectivity index (χ1) is 20.4. The van der Waals surface area contributed by atoms with Gasteiger partial charge in [0.15, 0.2) is 5.69 Å². The third-order valence-corrected chi connectivity index (χ3v) is 9.71. The number of anilines is 3. The quantitative estimate of drug-likeness (QED) is 0.323. The van der Waals surface area contributed by atoms with Gasteiger partial charge in [-0.3, -0.25) is 4.72 Å². The Hall–Kier alpha value is -3.92. The molecule has 16 heteroatoms. The van der Waals surface area contributed by atoms with E-state index in [1.165, 1.54) is 28.5 Å². The summed E-state index contributed by atoms with van der Waals surface area (Å²) in [7, 11) is -3.74. The minimum Gasteiger partial charge on any atom is -0.477 e. The number of nitrogens with one attached hydrogen (secondary N) is 1. The number of halogens is 2. The topological polar surface area (TPSA) is 167 Å². The molecule has 13 nitrogen and oxygen atoms in total. The molecule has 3 N–H and O–H groups in total. The molecular weight excluding hydrogens is 586 g/mol. The second-order valence-corrected chi connectivity index (χ2v) is 13.3. The largest absolute Gasteiger partial charge is 0.477 e. The molecule has 0 bridgehead atoms. The standard InChI is InChI=1S/C27H32F2N8O5S/c28-27(29)7-11-36(12-8-27)25-30-19(16-20(31-25)24(39)40)21-17-37(34-32-21)22-2-1-18(33-43(41,42)14-13-38)15-23(22)35-9-5-26(3-4-26)6-10-35/h1-2,15-17,33,38H,3-14H2,(H,39,40). The van der Waals surface area contributed by atoms with E-state index < -0.39 is 34.3 Å². The molecule has 0 unspecified atom stereocenters. The predicted octanol–water partition coefficient (Wildman–Crippen LogP) is 2.77. The normalized spacial score (nSPS) is 19.4. The lowest BCUT2D eigenvalue weighted by Gasteiger charge is -2.35. The number of carboxylic acid groups (broad SMARTS) is 1. The van der Waals surface area contributed by atoms with Crippen molar-refractivity contribution in [1.82, 2.24) is 25.0 Å². The highest BCUT2D eigenvalue weighted by molar-refractivity contribution is 7.92. The number of aliphatic hydroxyl groups excluding tert-OH is 1. The molecule has 0 radical (unpaired) electrons. The highest BCUT2D eigenvalue weighted by atomic mass is 32.2. The fraction of sp³-hybridized carbons (Fsp3) is 0.519. The molecule has 2 saturated heterocycles. The van der Waals surface area contributed by atoms with E-state index in [2.05, 4.69) is 29.9 Å². The Bertz CT molecular complexity index is 1630. The first kappa shape index (κ1) is 29.2. The van der Waals surface area contributed by atoms with Crippen molar-refractivity contribution in [2.75, 3.05) is 53.1 Å². The molecule has 3 aliphatic rings. The van der Waals surface area contributed by atoms with Crippen LogP contribution in [0.15, 0.2) is 30.5 Å². The van der Waals surface area contributed by atoms with Gasteiger partial charge < -0.3 is 20.0 Å². The Labute approximate surface area is 246 Å². The van der Waals surface area contributed by atoms with E-state index >= 15 is 0 Å². The van der Waals surface area contributed by atoms with Crippen molar-refractivity contribution in [2.45, 2.75) is 44.4 Å². The van der Waals surface area contributed by atoms with Crippen LogP contribution in [0.1, 0.15) is 49.0 Å². The van der Waals surface area contributed by atoms with Crippen LogP contribution in [0.2, 0.25) is 0 Å². The molecule has 3 aromatic rings. The van der Waals surface area contributed by atoms with Crippen molar-refractivity contribution in [2.24, 2.45) is 5.41 Å². The molecule has 1 aromatic carbocycles. The van der Waals surface area contributed by atoms with E-state index in [1.54, 1.807) is 24.4 Å². The van der Waals surface area contributed by atoms with Crippen molar-refractivity contribution in [3.05, 3.63) is 36.2 Å². The van der Waals surface area contributed by atoms with Crippen molar-refractivity contribution in [3.8, 4) is 17.1 Å². The maximum absolute atomic E-state index is 13.7. The number of carbonyl (C=O) groups is 1. The zero-order chi connectivity index (χ0) is 30.4. The summed E-state index contributed by atoms with van der Waals surface area (Å²) in [6.45, 7) is 1.03. The van der Waals surface area contributed by atoms with Crippen LogP contribution in [0.3, 0.4) is 0 Å². The number of sulfonamides is 1. The fourth-order valence-corrected chi connectivity index (χ4v) is 6.46. The van der Waals surface area contributed by atoms with Crippen LogP contribution in [0.5, 0.6) is 0 Å². The van der Waals surface area contributed by atoms with Gasteiger partial charge >= 0.3 is 5.97 Å². The van der Waals surface area contributed by atoms with Crippen molar-refractivity contribution >= 4 is 33.3 Å². The third kappa shape index (κ3) is 6.39. The minimum atomic E-state index is -3.74. The van der Waals surface area contributed by atoms with Crippen LogP contribution < -0.4 is 14.5 Å². The van der Waals surface area contributed by atoms with Crippen molar-refractivity contribution in [1.29, 1.82) is 0 Å². The Morgan fingerprint density at radius 3 is 2.28 bits per heavy atom.